The third kappa shape index (κ3) is 4.11. The Kier molecular flexibility index (Phi) is 5.78. The van der Waals surface area contributed by atoms with Gasteiger partial charge in [-0.25, -0.2) is 4.39 Å². The third-order valence-electron chi connectivity index (χ3n) is 2.50. The Balaban J connectivity index is 2.51. The van der Waals surface area contributed by atoms with E-state index in [-0.39, 0.29) is 11.7 Å². The molecule has 0 N–H and O–H groups in total. The predicted octanol–water partition coefficient (Wildman–Crippen LogP) is 4.40. The van der Waals surface area contributed by atoms with E-state index in [2.05, 4.69) is 6.92 Å². The van der Waals surface area contributed by atoms with Crippen molar-refractivity contribution in [2.24, 2.45) is 0 Å². The predicted molar refractivity (Wildman–Crippen MR) is 65.6 cm³/mol. The van der Waals surface area contributed by atoms with Crippen LogP contribution in [0.1, 0.15) is 38.2 Å². The molecular weight excluding hydrogens is 227 g/mol. The first kappa shape index (κ1) is 13.5. The minimum absolute atomic E-state index is 0.125. The lowest BCUT2D eigenvalue weighted by molar-refractivity contribution is 0.121. The number of hydrogen-bond donors (Lipinski definition) is 0. The SMILES string of the molecule is CCCCOC[C@@H](C)c1cc(F)ccc1Cl. The van der Waals surface area contributed by atoms with Crippen molar-refractivity contribution in [3.8, 4) is 0 Å². The zero-order chi connectivity index (χ0) is 12.0. The van der Waals surface area contributed by atoms with E-state index in [4.69, 9.17) is 16.3 Å². The normalized spacial score (nSPS) is 12.8. The molecule has 0 radical (unpaired) electrons. The fraction of sp³-hybridized carbons (Fsp3) is 0.538. The van der Waals surface area contributed by atoms with Crippen LogP contribution in [0.4, 0.5) is 4.39 Å². The fourth-order valence-electron chi connectivity index (χ4n) is 1.49. The summed E-state index contributed by atoms with van der Waals surface area (Å²) in [5.74, 6) is -0.125. The molecule has 16 heavy (non-hydrogen) atoms. The Morgan fingerprint density at radius 3 is 2.88 bits per heavy atom. The average Bonchev–Trinajstić information content (AvgIpc) is 2.27. The van der Waals surface area contributed by atoms with Crippen molar-refractivity contribution < 1.29 is 9.13 Å². The smallest absolute Gasteiger partial charge is 0.123 e. The molecule has 1 nitrogen and oxygen atoms in total. The summed E-state index contributed by atoms with van der Waals surface area (Å²) in [5.41, 5.74) is 0.818. The first-order valence-corrected chi connectivity index (χ1v) is 6.05. The second kappa shape index (κ2) is 6.87. The summed E-state index contributed by atoms with van der Waals surface area (Å²) in [6.45, 7) is 5.46. The van der Waals surface area contributed by atoms with Gasteiger partial charge in [0.2, 0.25) is 0 Å². The molecule has 90 valence electrons. The van der Waals surface area contributed by atoms with Gasteiger partial charge in [0.25, 0.3) is 0 Å². The molecule has 1 atom stereocenters. The average molecular weight is 245 g/mol. The summed E-state index contributed by atoms with van der Waals surface area (Å²) in [6, 6.07) is 4.45. The molecule has 0 heterocycles. The molecule has 0 saturated heterocycles. The van der Waals surface area contributed by atoms with Gasteiger partial charge in [0, 0.05) is 17.5 Å². The van der Waals surface area contributed by atoms with Crippen molar-refractivity contribution in [1.29, 1.82) is 0 Å². The van der Waals surface area contributed by atoms with Gasteiger partial charge < -0.3 is 4.74 Å². The van der Waals surface area contributed by atoms with E-state index in [1.807, 2.05) is 6.92 Å². The van der Waals surface area contributed by atoms with Gasteiger partial charge in [-0.05, 0) is 30.2 Å². The molecule has 0 aliphatic carbocycles. The zero-order valence-electron chi connectivity index (χ0n) is 9.80. The molecule has 0 fully saturated rings. The number of rotatable bonds is 6. The summed E-state index contributed by atoms with van der Waals surface area (Å²) in [4.78, 5) is 0. The number of ether oxygens (including phenoxy) is 1. The van der Waals surface area contributed by atoms with Gasteiger partial charge in [0.15, 0.2) is 0 Å². The maximum Gasteiger partial charge on any atom is 0.123 e. The van der Waals surface area contributed by atoms with Gasteiger partial charge in [-0.2, -0.15) is 0 Å². The molecule has 1 rings (SSSR count). The number of hydrogen-bond acceptors (Lipinski definition) is 1. The van der Waals surface area contributed by atoms with Crippen molar-refractivity contribution in [2.45, 2.75) is 32.6 Å². The Morgan fingerprint density at radius 2 is 2.19 bits per heavy atom. The van der Waals surface area contributed by atoms with Crippen LogP contribution in [0.5, 0.6) is 0 Å². The van der Waals surface area contributed by atoms with Crippen LogP contribution < -0.4 is 0 Å². The second-order valence-electron chi connectivity index (χ2n) is 4.00. The van der Waals surface area contributed by atoms with Crippen LogP contribution in [0.15, 0.2) is 18.2 Å². The molecule has 1 aromatic rings. The minimum atomic E-state index is -0.250. The van der Waals surface area contributed by atoms with Crippen molar-refractivity contribution in [1.82, 2.24) is 0 Å². The second-order valence-corrected chi connectivity index (χ2v) is 4.40. The lowest BCUT2D eigenvalue weighted by atomic mass is 10.0. The minimum Gasteiger partial charge on any atom is -0.381 e. The summed E-state index contributed by atoms with van der Waals surface area (Å²) in [7, 11) is 0. The molecule has 3 heteroatoms. The Bertz CT molecular complexity index is 328. The summed E-state index contributed by atoms with van der Waals surface area (Å²) in [6.07, 6.45) is 2.18. The highest BCUT2D eigenvalue weighted by Gasteiger charge is 2.10. The van der Waals surface area contributed by atoms with Crippen LogP contribution in [-0.4, -0.2) is 13.2 Å². The molecule has 0 spiro atoms. The number of benzene rings is 1. The Labute approximate surface area is 102 Å². The first-order chi connectivity index (χ1) is 7.65. The summed E-state index contributed by atoms with van der Waals surface area (Å²) < 4.78 is 18.6. The maximum atomic E-state index is 13.1. The van der Waals surface area contributed by atoms with Gasteiger partial charge >= 0.3 is 0 Å². The standard InChI is InChI=1S/C13H18ClFO/c1-3-4-7-16-9-10(2)12-8-11(15)5-6-13(12)14/h5-6,8,10H,3-4,7,9H2,1-2H3/t10-/m1/s1. The first-order valence-electron chi connectivity index (χ1n) is 5.67. The maximum absolute atomic E-state index is 13.1. The van der Waals surface area contributed by atoms with Crippen LogP contribution in [0, 0.1) is 5.82 Å². The highest BCUT2D eigenvalue weighted by atomic mass is 35.5. The molecule has 0 aliphatic heterocycles. The van der Waals surface area contributed by atoms with Gasteiger partial charge in [0.05, 0.1) is 6.61 Å². The Morgan fingerprint density at radius 1 is 1.44 bits per heavy atom. The lowest BCUT2D eigenvalue weighted by Crippen LogP contribution is -2.06. The van der Waals surface area contributed by atoms with Gasteiger partial charge in [0.1, 0.15) is 5.82 Å². The molecule has 0 amide bonds. The lowest BCUT2D eigenvalue weighted by Gasteiger charge is -2.14. The molecule has 0 unspecified atom stereocenters. The van der Waals surface area contributed by atoms with Gasteiger partial charge in [-0.1, -0.05) is 31.9 Å². The van der Waals surface area contributed by atoms with E-state index in [1.165, 1.54) is 12.1 Å². The monoisotopic (exact) mass is 244 g/mol. The fourth-order valence-corrected chi connectivity index (χ4v) is 1.79. The summed E-state index contributed by atoms with van der Waals surface area (Å²) >= 11 is 6.01. The molecule has 0 aliphatic rings. The molecule has 0 saturated carbocycles. The van der Waals surface area contributed by atoms with E-state index in [0.29, 0.717) is 11.6 Å². The molecule has 1 aromatic carbocycles. The van der Waals surface area contributed by atoms with Crippen LogP contribution in [0.25, 0.3) is 0 Å². The largest absolute Gasteiger partial charge is 0.381 e. The van der Waals surface area contributed by atoms with Crippen molar-refractivity contribution >= 4 is 11.6 Å². The van der Waals surface area contributed by atoms with E-state index in [1.54, 1.807) is 6.07 Å². The topological polar surface area (TPSA) is 9.23 Å². The van der Waals surface area contributed by atoms with Crippen molar-refractivity contribution in [3.05, 3.63) is 34.6 Å². The highest BCUT2D eigenvalue weighted by Crippen LogP contribution is 2.25. The van der Waals surface area contributed by atoms with Crippen molar-refractivity contribution in [2.75, 3.05) is 13.2 Å². The van der Waals surface area contributed by atoms with Crippen LogP contribution in [-0.2, 0) is 4.74 Å². The number of unbranched alkanes of at least 4 members (excludes halogenated alkanes) is 1. The zero-order valence-corrected chi connectivity index (χ0v) is 10.6. The summed E-state index contributed by atoms with van der Waals surface area (Å²) in [5, 5.41) is 0.605. The molecule has 0 aromatic heterocycles. The highest BCUT2D eigenvalue weighted by molar-refractivity contribution is 6.31. The van der Waals surface area contributed by atoms with E-state index >= 15 is 0 Å². The van der Waals surface area contributed by atoms with Gasteiger partial charge in [-0.3, -0.25) is 0 Å². The molecule has 0 bridgehead atoms. The van der Waals surface area contributed by atoms with E-state index < -0.39 is 0 Å². The quantitative estimate of drug-likeness (QED) is 0.674. The van der Waals surface area contributed by atoms with E-state index in [0.717, 1.165) is 25.0 Å². The molecular formula is C13H18ClFO. The van der Waals surface area contributed by atoms with Crippen molar-refractivity contribution in [3.63, 3.8) is 0 Å². The third-order valence-corrected chi connectivity index (χ3v) is 2.84. The van der Waals surface area contributed by atoms with Crippen LogP contribution in [0.3, 0.4) is 0 Å². The van der Waals surface area contributed by atoms with E-state index in [9.17, 15) is 4.39 Å². The van der Waals surface area contributed by atoms with Gasteiger partial charge in [-0.15, -0.1) is 0 Å². The van der Waals surface area contributed by atoms with Crippen LogP contribution >= 0.6 is 11.6 Å². The Hall–Kier alpha value is -0.600. The number of halogens is 2. The van der Waals surface area contributed by atoms with Crippen LogP contribution in [0.2, 0.25) is 5.02 Å².